The van der Waals surface area contributed by atoms with Crippen molar-refractivity contribution in [1.82, 2.24) is 4.98 Å². The van der Waals surface area contributed by atoms with Crippen molar-refractivity contribution in [3.63, 3.8) is 0 Å². The number of aliphatic hydroxyl groups excluding tert-OH is 1. The monoisotopic (exact) mass is 261 g/mol. The van der Waals surface area contributed by atoms with Gasteiger partial charge >= 0.3 is 0 Å². The summed E-state index contributed by atoms with van der Waals surface area (Å²) in [6, 6.07) is 3.16. The Morgan fingerprint density at radius 1 is 1.56 bits per heavy atom. The number of hydrogen-bond donors (Lipinski definition) is 1. The SMILES string of the molecule is CC(CCO)Sc1ncccc1S(C)(=O)=O. The van der Waals surface area contributed by atoms with Gasteiger partial charge < -0.3 is 5.11 Å². The maximum atomic E-state index is 11.5. The van der Waals surface area contributed by atoms with Gasteiger partial charge in [0, 0.05) is 24.3 Å². The van der Waals surface area contributed by atoms with Crippen LogP contribution in [0.3, 0.4) is 0 Å². The molecule has 0 aromatic carbocycles. The summed E-state index contributed by atoms with van der Waals surface area (Å²) in [5.74, 6) is 0. The van der Waals surface area contributed by atoms with Crippen LogP contribution in [-0.2, 0) is 9.84 Å². The molecule has 1 N–H and O–H groups in total. The average molecular weight is 261 g/mol. The fourth-order valence-electron chi connectivity index (χ4n) is 1.18. The summed E-state index contributed by atoms with van der Waals surface area (Å²) in [4.78, 5) is 4.32. The second-order valence-corrected chi connectivity index (χ2v) is 6.93. The van der Waals surface area contributed by atoms with Gasteiger partial charge in [0.05, 0.1) is 4.90 Å². The third-order valence-corrected chi connectivity index (χ3v) is 4.43. The minimum absolute atomic E-state index is 0.0925. The van der Waals surface area contributed by atoms with Crippen LogP contribution in [0.15, 0.2) is 28.3 Å². The Morgan fingerprint density at radius 2 is 2.25 bits per heavy atom. The van der Waals surface area contributed by atoms with Crippen molar-refractivity contribution in [2.24, 2.45) is 0 Å². The fraction of sp³-hybridized carbons (Fsp3) is 0.500. The van der Waals surface area contributed by atoms with E-state index in [4.69, 9.17) is 5.11 Å². The largest absolute Gasteiger partial charge is 0.396 e. The van der Waals surface area contributed by atoms with Gasteiger partial charge in [0.25, 0.3) is 0 Å². The number of pyridine rings is 1. The van der Waals surface area contributed by atoms with Crippen molar-refractivity contribution >= 4 is 21.6 Å². The lowest BCUT2D eigenvalue weighted by Gasteiger charge is -2.11. The molecule has 1 atom stereocenters. The Balaban J connectivity index is 2.96. The first-order chi connectivity index (χ1) is 7.45. The highest BCUT2D eigenvalue weighted by Gasteiger charge is 2.16. The van der Waals surface area contributed by atoms with Crippen LogP contribution in [0.5, 0.6) is 0 Å². The Labute approximate surface area is 100 Å². The van der Waals surface area contributed by atoms with Crippen molar-refractivity contribution in [3.8, 4) is 0 Å². The zero-order valence-corrected chi connectivity index (χ0v) is 10.9. The topological polar surface area (TPSA) is 67.3 Å². The van der Waals surface area contributed by atoms with E-state index >= 15 is 0 Å². The Kier molecular flexibility index (Phi) is 4.76. The van der Waals surface area contributed by atoms with E-state index in [1.807, 2.05) is 6.92 Å². The van der Waals surface area contributed by atoms with E-state index in [0.29, 0.717) is 11.4 Å². The van der Waals surface area contributed by atoms with Gasteiger partial charge in [0.2, 0.25) is 0 Å². The van der Waals surface area contributed by atoms with E-state index in [2.05, 4.69) is 4.98 Å². The highest BCUT2D eigenvalue weighted by molar-refractivity contribution is 8.00. The van der Waals surface area contributed by atoms with Crippen LogP contribution in [0.4, 0.5) is 0 Å². The van der Waals surface area contributed by atoms with E-state index in [0.717, 1.165) is 0 Å². The standard InChI is InChI=1S/C10H15NO3S2/c1-8(5-7-12)15-10-9(16(2,13)14)4-3-6-11-10/h3-4,6,8,12H,5,7H2,1-2H3. The quantitative estimate of drug-likeness (QED) is 0.810. The van der Waals surface area contributed by atoms with Crippen molar-refractivity contribution < 1.29 is 13.5 Å². The minimum atomic E-state index is -3.24. The molecule has 0 saturated heterocycles. The van der Waals surface area contributed by atoms with Crippen molar-refractivity contribution in [3.05, 3.63) is 18.3 Å². The number of hydrogen-bond acceptors (Lipinski definition) is 5. The molecule has 0 spiro atoms. The number of thioether (sulfide) groups is 1. The first kappa shape index (κ1) is 13.5. The lowest BCUT2D eigenvalue weighted by molar-refractivity contribution is 0.289. The normalized spacial score (nSPS) is 13.7. The number of aliphatic hydroxyl groups is 1. The van der Waals surface area contributed by atoms with Gasteiger partial charge in [-0.2, -0.15) is 0 Å². The lowest BCUT2D eigenvalue weighted by atomic mass is 10.3. The minimum Gasteiger partial charge on any atom is -0.396 e. The Morgan fingerprint density at radius 3 is 2.81 bits per heavy atom. The molecule has 1 aromatic rings. The molecule has 0 aliphatic rings. The van der Waals surface area contributed by atoms with Gasteiger partial charge in [-0.3, -0.25) is 0 Å². The second kappa shape index (κ2) is 5.65. The molecule has 0 fully saturated rings. The zero-order chi connectivity index (χ0) is 12.2. The Hall–Kier alpha value is -0.590. The lowest BCUT2D eigenvalue weighted by Crippen LogP contribution is -2.05. The van der Waals surface area contributed by atoms with Crippen LogP contribution in [0, 0.1) is 0 Å². The van der Waals surface area contributed by atoms with E-state index in [1.165, 1.54) is 18.0 Å². The third-order valence-electron chi connectivity index (χ3n) is 1.98. The molecule has 4 nitrogen and oxygen atoms in total. The van der Waals surface area contributed by atoms with Gasteiger partial charge in [0.15, 0.2) is 9.84 Å². The molecule has 90 valence electrons. The third kappa shape index (κ3) is 3.77. The molecular weight excluding hydrogens is 246 g/mol. The molecule has 1 heterocycles. The van der Waals surface area contributed by atoms with Gasteiger partial charge in [0.1, 0.15) is 5.03 Å². The van der Waals surface area contributed by atoms with E-state index in [9.17, 15) is 8.42 Å². The van der Waals surface area contributed by atoms with Crippen LogP contribution in [0.1, 0.15) is 13.3 Å². The summed E-state index contributed by atoms with van der Waals surface area (Å²) < 4.78 is 23.0. The maximum absolute atomic E-state index is 11.5. The van der Waals surface area contributed by atoms with Gasteiger partial charge in [-0.1, -0.05) is 6.92 Å². The molecular formula is C10H15NO3S2. The highest BCUT2D eigenvalue weighted by Crippen LogP contribution is 2.28. The van der Waals surface area contributed by atoms with Crippen LogP contribution in [0.2, 0.25) is 0 Å². The molecule has 0 bridgehead atoms. The Bertz CT molecular complexity index is 445. The fourth-order valence-corrected chi connectivity index (χ4v) is 3.38. The van der Waals surface area contributed by atoms with Gasteiger partial charge in [-0.15, -0.1) is 11.8 Å². The van der Waals surface area contributed by atoms with E-state index in [-0.39, 0.29) is 16.8 Å². The van der Waals surface area contributed by atoms with Gasteiger partial charge in [-0.05, 0) is 18.6 Å². The molecule has 1 rings (SSSR count). The molecule has 0 amide bonds. The molecule has 0 saturated carbocycles. The summed E-state index contributed by atoms with van der Waals surface area (Å²) in [7, 11) is -3.24. The molecule has 1 unspecified atom stereocenters. The maximum Gasteiger partial charge on any atom is 0.178 e. The smallest absolute Gasteiger partial charge is 0.178 e. The predicted molar refractivity (Wildman–Crippen MR) is 64.4 cm³/mol. The van der Waals surface area contributed by atoms with E-state index in [1.54, 1.807) is 18.3 Å². The summed E-state index contributed by atoms with van der Waals surface area (Å²) in [5, 5.41) is 9.44. The molecule has 0 radical (unpaired) electrons. The molecule has 16 heavy (non-hydrogen) atoms. The highest BCUT2D eigenvalue weighted by atomic mass is 32.2. The number of rotatable bonds is 5. The van der Waals surface area contributed by atoms with Crippen LogP contribution in [-0.4, -0.2) is 36.6 Å². The van der Waals surface area contributed by atoms with Crippen LogP contribution in [0.25, 0.3) is 0 Å². The second-order valence-electron chi connectivity index (χ2n) is 3.52. The van der Waals surface area contributed by atoms with Crippen molar-refractivity contribution in [1.29, 1.82) is 0 Å². The van der Waals surface area contributed by atoms with Crippen molar-refractivity contribution in [2.75, 3.05) is 12.9 Å². The van der Waals surface area contributed by atoms with Crippen molar-refractivity contribution in [2.45, 2.75) is 28.5 Å². The van der Waals surface area contributed by atoms with Crippen LogP contribution >= 0.6 is 11.8 Å². The first-order valence-corrected chi connectivity index (χ1v) is 7.65. The average Bonchev–Trinajstić information content (AvgIpc) is 2.17. The number of nitrogens with zero attached hydrogens (tertiary/aromatic N) is 1. The molecule has 0 aliphatic carbocycles. The summed E-state index contributed by atoms with van der Waals surface area (Å²) >= 11 is 1.37. The summed E-state index contributed by atoms with van der Waals surface area (Å²) in [6.07, 6.45) is 3.36. The van der Waals surface area contributed by atoms with Crippen LogP contribution < -0.4 is 0 Å². The van der Waals surface area contributed by atoms with Gasteiger partial charge in [-0.25, -0.2) is 13.4 Å². The number of aromatic nitrogens is 1. The molecule has 6 heteroatoms. The first-order valence-electron chi connectivity index (χ1n) is 4.87. The predicted octanol–water partition coefficient (Wildman–Crippen LogP) is 1.35. The van der Waals surface area contributed by atoms with E-state index < -0.39 is 9.84 Å². The molecule has 0 aliphatic heterocycles. The zero-order valence-electron chi connectivity index (χ0n) is 9.25. The number of sulfone groups is 1. The molecule has 1 aromatic heterocycles. The summed E-state index contributed by atoms with van der Waals surface area (Å²) in [5.41, 5.74) is 0. The summed E-state index contributed by atoms with van der Waals surface area (Å²) in [6.45, 7) is 2.02.